The molecule has 1 aliphatic carbocycles. The van der Waals surface area contributed by atoms with Gasteiger partial charge in [0.25, 0.3) is 0 Å². The highest BCUT2D eigenvalue weighted by Crippen LogP contribution is 2.49. The van der Waals surface area contributed by atoms with Gasteiger partial charge in [0.2, 0.25) is 0 Å². The van der Waals surface area contributed by atoms with E-state index in [9.17, 15) is 0 Å². The van der Waals surface area contributed by atoms with Crippen molar-refractivity contribution in [3.8, 4) is 0 Å². The normalized spacial score (nSPS) is 23.9. The van der Waals surface area contributed by atoms with Gasteiger partial charge in [-0.05, 0) is 27.2 Å². The average Bonchev–Trinajstić information content (AvgIpc) is 3.44. The number of rotatable bonds is 5. The quantitative estimate of drug-likeness (QED) is 0.304. The molecule has 0 unspecified atom stereocenters. The molecule has 2 heterocycles. The molecule has 6 rings (SSSR count). The summed E-state index contributed by atoms with van der Waals surface area (Å²) in [4.78, 5) is 3.44. The van der Waals surface area contributed by atoms with Crippen LogP contribution in [0.25, 0.3) is 10.9 Å². The highest BCUT2D eigenvalue weighted by Gasteiger charge is 2.50. The molecule has 1 spiro atoms. The van der Waals surface area contributed by atoms with E-state index in [1.165, 1.54) is 26.6 Å². The van der Waals surface area contributed by atoms with Gasteiger partial charge < -0.3 is 14.5 Å². The molecular formula is C30H28BrNO2. The molecular weight excluding hydrogens is 486 g/mol. The van der Waals surface area contributed by atoms with E-state index in [2.05, 4.69) is 118 Å². The Morgan fingerprint density at radius 1 is 0.794 bits per heavy atom. The number of benzene rings is 3. The number of halogens is 1. The van der Waals surface area contributed by atoms with Crippen molar-refractivity contribution >= 4 is 26.8 Å². The largest absolute Gasteiger partial charge is 0.361 e. The Bertz CT molecular complexity index is 1250. The summed E-state index contributed by atoms with van der Waals surface area (Å²) in [5.74, 6) is -0.420. The van der Waals surface area contributed by atoms with Crippen LogP contribution in [0.5, 0.6) is 0 Å². The summed E-state index contributed by atoms with van der Waals surface area (Å²) >= 11 is 3.87. The van der Waals surface area contributed by atoms with Crippen molar-refractivity contribution in [2.24, 2.45) is 0 Å². The summed E-state index contributed by atoms with van der Waals surface area (Å²) in [7, 11) is 0. The van der Waals surface area contributed by atoms with E-state index in [4.69, 9.17) is 9.47 Å². The van der Waals surface area contributed by atoms with Crippen LogP contribution in [0.4, 0.5) is 0 Å². The van der Waals surface area contributed by atoms with Crippen molar-refractivity contribution in [3.63, 3.8) is 0 Å². The van der Waals surface area contributed by atoms with Gasteiger partial charge in [0.15, 0.2) is 5.79 Å². The van der Waals surface area contributed by atoms with Crippen molar-refractivity contribution in [2.45, 2.75) is 49.6 Å². The molecule has 3 nitrogen and oxygen atoms in total. The number of hydrogen-bond acceptors (Lipinski definition) is 2. The minimum Gasteiger partial charge on any atom is -0.361 e. The van der Waals surface area contributed by atoms with Gasteiger partial charge in [-0.3, -0.25) is 0 Å². The van der Waals surface area contributed by atoms with Crippen LogP contribution < -0.4 is 0 Å². The molecule has 3 aromatic carbocycles. The second-order valence-corrected chi connectivity index (χ2v) is 10.4. The highest BCUT2D eigenvalue weighted by atomic mass is 79.9. The van der Waals surface area contributed by atoms with Crippen LogP contribution in [0, 0.1) is 0 Å². The summed E-state index contributed by atoms with van der Waals surface area (Å²) in [6, 6.07) is 29.7. The molecule has 1 saturated heterocycles. The van der Waals surface area contributed by atoms with Crippen molar-refractivity contribution in [2.75, 3.05) is 0 Å². The SMILES string of the molecule is BrC1=CCC2(C[C@H]1c1c[nH]c3ccccc13)O[C@H](Cc1ccccc1)[C@@H](Cc1ccccc1)O2. The van der Waals surface area contributed by atoms with Gasteiger partial charge >= 0.3 is 0 Å². The third-order valence-electron chi connectivity index (χ3n) is 7.16. The monoisotopic (exact) mass is 513 g/mol. The van der Waals surface area contributed by atoms with Crippen molar-refractivity contribution in [1.82, 2.24) is 4.98 Å². The van der Waals surface area contributed by atoms with E-state index >= 15 is 0 Å². The van der Waals surface area contributed by atoms with Crippen LogP contribution in [0.2, 0.25) is 0 Å². The molecule has 4 heteroatoms. The second kappa shape index (κ2) is 9.18. The van der Waals surface area contributed by atoms with Gasteiger partial charge in [-0.25, -0.2) is 0 Å². The smallest absolute Gasteiger partial charge is 0.173 e. The van der Waals surface area contributed by atoms with Gasteiger partial charge in [-0.15, -0.1) is 0 Å². The number of fused-ring (bicyclic) bond motifs is 1. The lowest BCUT2D eigenvalue weighted by Crippen LogP contribution is -2.35. The molecule has 0 amide bonds. The maximum Gasteiger partial charge on any atom is 0.173 e. The van der Waals surface area contributed by atoms with Crippen molar-refractivity contribution in [1.29, 1.82) is 0 Å². The van der Waals surface area contributed by atoms with Crippen molar-refractivity contribution < 1.29 is 9.47 Å². The zero-order chi connectivity index (χ0) is 23.0. The fraction of sp³-hybridized carbons (Fsp3) is 0.267. The van der Waals surface area contributed by atoms with E-state index in [1.54, 1.807) is 0 Å². The van der Waals surface area contributed by atoms with Gasteiger partial charge in [0.1, 0.15) is 0 Å². The zero-order valence-electron chi connectivity index (χ0n) is 19.0. The molecule has 2 aliphatic rings. The second-order valence-electron chi connectivity index (χ2n) is 9.44. The highest BCUT2D eigenvalue weighted by molar-refractivity contribution is 9.11. The fourth-order valence-electron chi connectivity index (χ4n) is 5.49. The van der Waals surface area contributed by atoms with Crippen LogP contribution in [-0.4, -0.2) is 23.0 Å². The fourth-order valence-corrected chi connectivity index (χ4v) is 6.06. The number of hydrogen-bond donors (Lipinski definition) is 1. The first-order chi connectivity index (χ1) is 16.7. The maximum absolute atomic E-state index is 6.87. The predicted octanol–water partition coefficient (Wildman–Crippen LogP) is 7.29. The molecule has 34 heavy (non-hydrogen) atoms. The molecule has 0 radical (unpaired) electrons. The van der Waals surface area contributed by atoms with Gasteiger partial charge in [-0.1, -0.05) is 101 Å². The number of allylic oxidation sites excluding steroid dienone is 1. The Labute approximate surface area is 208 Å². The molecule has 1 aliphatic heterocycles. The first-order valence-corrected chi connectivity index (χ1v) is 12.8. The molecule has 4 aromatic rings. The summed E-state index contributed by atoms with van der Waals surface area (Å²) in [5.41, 5.74) is 5.02. The van der Waals surface area contributed by atoms with E-state index in [0.29, 0.717) is 0 Å². The summed E-state index contributed by atoms with van der Waals surface area (Å²) < 4.78 is 14.9. The Balaban J connectivity index is 1.31. The number of ether oxygens (including phenoxy) is 2. The van der Waals surface area contributed by atoms with Crippen LogP contribution in [0.1, 0.15) is 35.4 Å². The summed E-state index contributed by atoms with van der Waals surface area (Å²) in [5, 5.41) is 1.26. The van der Waals surface area contributed by atoms with Crippen LogP contribution >= 0.6 is 15.9 Å². The third-order valence-corrected chi connectivity index (χ3v) is 8.04. The van der Waals surface area contributed by atoms with E-state index < -0.39 is 5.79 Å². The van der Waals surface area contributed by atoms with Crippen LogP contribution in [-0.2, 0) is 22.3 Å². The van der Waals surface area contributed by atoms with Gasteiger partial charge in [0, 0.05) is 48.7 Å². The Hall–Kier alpha value is -2.66. The number of nitrogens with one attached hydrogen (secondary N) is 1. The number of para-hydroxylation sites is 1. The lowest BCUT2D eigenvalue weighted by atomic mass is 9.85. The Morgan fingerprint density at radius 2 is 1.38 bits per heavy atom. The van der Waals surface area contributed by atoms with E-state index in [1.807, 2.05) is 0 Å². The summed E-state index contributed by atoms with van der Waals surface area (Å²) in [6.07, 6.45) is 7.66. The minimum atomic E-state index is -0.612. The maximum atomic E-state index is 6.87. The Kier molecular flexibility index (Phi) is 5.90. The molecule has 0 bridgehead atoms. The average molecular weight is 514 g/mol. The standard InChI is InChI=1S/C30H28BrNO2/c31-26-15-16-30(19-24(26)25-20-32-27-14-8-7-13-23(25)27)33-28(17-21-9-3-1-4-10-21)29(34-30)18-22-11-5-2-6-12-22/h1-15,20,24,28-29,32H,16-19H2/t24-,28+,29+/m0/s1. The number of H-pyrrole nitrogens is 1. The zero-order valence-corrected chi connectivity index (χ0v) is 20.6. The minimum absolute atomic E-state index is 0.0106. The van der Waals surface area contributed by atoms with E-state index in [-0.39, 0.29) is 18.1 Å². The first kappa shape index (κ1) is 21.8. The first-order valence-electron chi connectivity index (χ1n) is 12.0. The molecule has 3 atom stereocenters. The predicted molar refractivity (Wildman–Crippen MR) is 140 cm³/mol. The van der Waals surface area contributed by atoms with Gasteiger partial charge in [-0.2, -0.15) is 0 Å². The van der Waals surface area contributed by atoms with Crippen molar-refractivity contribution in [3.05, 3.63) is 118 Å². The lowest BCUT2D eigenvalue weighted by molar-refractivity contribution is -0.181. The van der Waals surface area contributed by atoms with Gasteiger partial charge in [0.05, 0.1) is 12.2 Å². The van der Waals surface area contributed by atoms with E-state index in [0.717, 1.165) is 31.2 Å². The molecule has 0 saturated carbocycles. The number of aromatic amines is 1. The van der Waals surface area contributed by atoms with Crippen LogP contribution in [0.3, 0.4) is 0 Å². The molecule has 1 fully saturated rings. The lowest BCUT2D eigenvalue weighted by Gasteiger charge is -2.35. The third kappa shape index (κ3) is 4.26. The topological polar surface area (TPSA) is 34.2 Å². The molecule has 172 valence electrons. The number of aromatic nitrogens is 1. The molecule has 1 N–H and O–H groups in total. The summed E-state index contributed by atoms with van der Waals surface area (Å²) in [6.45, 7) is 0. The van der Waals surface area contributed by atoms with Crippen LogP contribution in [0.15, 0.2) is 102 Å². The molecule has 1 aromatic heterocycles. The Morgan fingerprint density at radius 3 is 2.03 bits per heavy atom.